The van der Waals surface area contributed by atoms with E-state index in [1.54, 1.807) is 0 Å². The van der Waals surface area contributed by atoms with Crippen LogP contribution in [0.1, 0.15) is 11.1 Å². The van der Waals surface area contributed by atoms with Crippen LogP contribution in [0.4, 0.5) is 4.39 Å². The number of aromatic nitrogens is 1. The summed E-state index contributed by atoms with van der Waals surface area (Å²) in [7, 11) is 0. The van der Waals surface area contributed by atoms with Crippen molar-refractivity contribution in [3.63, 3.8) is 0 Å². The van der Waals surface area contributed by atoms with Crippen molar-refractivity contribution in [2.75, 3.05) is 0 Å². The molecule has 0 aliphatic carbocycles. The minimum absolute atomic E-state index is 0.299. The first-order valence-electron chi connectivity index (χ1n) is 3.89. The Morgan fingerprint density at radius 3 is 2.71 bits per heavy atom. The fourth-order valence-electron chi connectivity index (χ4n) is 1.24. The molecule has 4 radical (unpaired) electrons. The fourth-order valence-corrected chi connectivity index (χ4v) is 1.51. The molecule has 0 aliphatic rings. The van der Waals surface area contributed by atoms with Gasteiger partial charge in [0.25, 0.3) is 0 Å². The second-order valence-corrected chi connectivity index (χ2v) is 3.27. The third kappa shape index (κ3) is 1.36. The molecule has 68 valence electrons. The van der Waals surface area contributed by atoms with Crippen molar-refractivity contribution in [3.8, 4) is 0 Å². The van der Waals surface area contributed by atoms with Crippen LogP contribution in [0.5, 0.6) is 0 Å². The first-order valence-corrected chi connectivity index (χ1v) is 4.27. The van der Waals surface area contributed by atoms with Crippen LogP contribution in [0.2, 0.25) is 5.02 Å². The average Bonchev–Trinajstić information content (AvgIpc) is 2.14. The smallest absolute Gasteiger partial charge is 0.213 e. The number of halogens is 2. The van der Waals surface area contributed by atoms with Crippen LogP contribution >= 0.6 is 11.6 Å². The van der Waals surface area contributed by atoms with E-state index >= 15 is 0 Å². The number of hydrogen-bond acceptors (Lipinski definition) is 1. The van der Waals surface area contributed by atoms with Crippen LogP contribution in [0, 0.1) is 19.8 Å². The molecule has 1 heterocycles. The van der Waals surface area contributed by atoms with Crippen molar-refractivity contribution in [1.29, 1.82) is 0 Å². The number of nitrogens with zero attached hydrogens (tertiary/aromatic N) is 1. The van der Waals surface area contributed by atoms with Crippen LogP contribution in [0.25, 0.3) is 10.9 Å². The molecule has 0 unspecified atom stereocenters. The normalized spacial score (nSPS) is 10.9. The van der Waals surface area contributed by atoms with E-state index in [9.17, 15) is 4.39 Å². The standard InChI is InChI=1S/C11H5ClFN/c1-6-5-9-8(11(12)7(6)2)3-4-10(13)14-9/h1-5H. The van der Waals surface area contributed by atoms with Crippen molar-refractivity contribution in [2.24, 2.45) is 0 Å². The van der Waals surface area contributed by atoms with Gasteiger partial charge in [0.1, 0.15) is 0 Å². The van der Waals surface area contributed by atoms with E-state index in [1.165, 1.54) is 18.2 Å². The highest BCUT2D eigenvalue weighted by Crippen LogP contribution is 2.28. The lowest BCUT2D eigenvalue weighted by Gasteiger charge is -2.06. The lowest BCUT2D eigenvalue weighted by Crippen LogP contribution is -1.89. The lowest BCUT2D eigenvalue weighted by atomic mass is 10.1. The first kappa shape index (κ1) is 9.41. The van der Waals surface area contributed by atoms with E-state index < -0.39 is 5.95 Å². The second kappa shape index (κ2) is 3.21. The SMILES string of the molecule is [CH]c1cc2nc(F)ccc2c(Cl)c1[CH]. The van der Waals surface area contributed by atoms with Gasteiger partial charge in [0.15, 0.2) is 0 Å². The van der Waals surface area contributed by atoms with E-state index in [1.807, 2.05) is 0 Å². The van der Waals surface area contributed by atoms with Gasteiger partial charge in [-0.05, 0) is 36.2 Å². The van der Waals surface area contributed by atoms with Gasteiger partial charge in [-0.3, -0.25) is 0 Å². The zero-order chi connectivity index (χ0) is 10.3. The van der Waals surface area contributed by atoms with Gasteiger partial charge in [-0.2, -0.15) is 4.39 Å². The maximum Gasteiger partial charge on any atom is 0.213 e. The predicted molar refractivity (Wildman–Crippen MR) is 53.5 cm³/mol. The van der Waals surface area contributed by atoms with Gasteiger partial charge < -0.3 is 0 Å². The van der Waals surface area contributed by atoms with Crippen molar-refractivity contribution >= 4 is 22.5 Å². The molecule has 14 heavy (non-hydrogen) atoms. The maximum absolute atomic E-state index is 12.8. The largest absolute Gasteiger partial charge is 0.220 e. The third-order valence-electron chi connectivity index (χ3n) is 1.97. The Balaban J connectivity index is 2.91. The number of pyridine rings is 1. The van der Waals surface area contributed by atoms with E-state index in [0.29, 0.717) is 27.1 Å². The summed E-state index contributed by atoms with van der Waals surface area (Å²) in [4.78, 5) is 3.65. The molecule has 1 aromatic heterocycles. The minimum Gasteiger partial charge on any atom is -0.220 e. The Morgan fingerprint density at radius 1 is 1.29 bits per heavy atom. The van der Waals surface area contributed by atoms with Crippen LogP contribution in [0.3, 0.4) is 0 Å². The van der Waals surface area contributed by atoms with Gasteiger partial charge in [-0.1, -0.05) is 11.6 Å². The molecule has 2 aromatic rings. The highest BCUT2D eigenvalue weighted by Gasteiger charge is 2.07. The average molecular weight is 206 g/mol. The minimum atomic E-state index is -0.572. The van der Waals surface area contributed by atoms with Gasteiger partial charge in [-0.25, -0.2) is 4.98 Å². The molecule has 0 aliphatic heterocycles. The Hall–Kier alpha value is -1.15. The molecule has 0 amide bonds. The van der Waals surface area contributed by atoms with Crippen molar-refractivity contribution in [2.45, 2.75) is 0 Å². The van der Waals surface area contributed by atoms with Crippen LogP contribution < -0.4 is 0 Å². The van der Waals surface area contributed by atoms with E-state index in [0.717, 1.165) is 0 Å². The van der Waals surface area contributed by atoms with Gasteiger partial charge in [0, 0.05) is 12.3 Å². The molecule has 1 nitrogen and oxygen atoms in total. The molecule has 3 heteroatoms. The van der Waals surface area contributed by atoms with Gasteiger partial charge in [0.2, 0.25) is 5.95 Å². The molecule has 2 rings (SSSR count). The summed E-state index contributed by atoms with van der Waals surface area (Å²) in [6, 6.07) is 4.25. The van der Waals surface area contributed by atoms with Gasteiger partial charge >= 0.3 is 0 Å². The fraction of sp³-hybridized carbons (Fsp3) is 0. The van der Waals surface area contributed by atoms with Crippen molar-refractivity contribution in [3.05, 3.63) is 54.1 Å². The maximum atomic E-state index is 12.8. The Morgan fingerprint density at radius 2 is 2.00 bits per heavy atom. The third-order valence-corrected chi connectivity index (χ3v) is 2.37. The summed E-state index contributed by atoms with van der Waals surface area (Å²) in [5.74, 6) is -0.572. The molecule has 0 saturated carbocycles. The van der Waals surface area contributed by atoms with E-state index in [2.05, 4.69) is 4.98 Å². The quantitative estimate of drug-likeness (QED) is 0.602. The van der Waals surface area contributed by atoms with Gasteiger partial charge in [-0.15, -0.1) is 0 Å². The summed E-state index contributed by atoms with van der Waals surface area (Å²) in [5, 5.41) is 0.910. The van der Waals surface area contributed by atoms with E-state index in [-0.39, 0.29) is 0 Å². The predicted octanol–water partition coefficient (Wildman–Crippen LogP) is 3.15. The monoisotopic (exact) mass is 205 g/mol. The zero-order valence-corrected chi connectivity index (χ0v) is 7.85. The number of benzene rings is 1. The summed E-state index contributed by atoms with van der Waals surface area (Å²) in [6.45, 7) is 11.2. The molecule has 0 spiro atoms. The topological polar surface area (TPSA) is 12.9 Å². The van der Waals surface area contributed by atoms with Crippen LogP contribution in [-0.4, -0.2) is 4.98 Å². The molecule has 1 aromatic carbocycles. The zero-order valence-electron chi connectivity index (χ0n) is 7.09. The molecule has 0 saturated heterocycles. The number of hydrogen-bond donors (Lipinski definition) is 0. The number of fused-ring (bicyclic) bond motifs is 1. The molecule has 0 fully saturated rings. The van der Waals surface area contributed by atoms with Crippen molar-refractivity contribution in [1.82, 2.24) is 4.98 Å². The molecule has 0 bridgehead atoms. The Bertz CT molecular complexity index is 508. The molecule has 0 N–H and O–H groups in total. The highest BCUT2D eigenvalue weighted by atomic mass is 35.5. The highest BCUT2D eigenvalue weighted by molar-refractivity contribution is 6.36. The van der Waals surface area contributed by atoms with Gasteiger partial charge in [0.05, 0.1) is 10.5 Å². The summed E-state index contributed by atoms with van der Waals surface area (Å²) in [5.41, 5.74) is 1.01. The Labute approximate surface area is 86.5 Å². The summed E-state index contributed by atoms with van der Waals surface area (Å²) < 4.78 is 12.8. The Kier molecular flexibility index (Phi) is 2.16. The van der Waals surface area contributed by atoms with Crippen LogP contribution in [0.15, 0.2) is 18.2 Å². The van der Waals surface area contributed by atoms with Crippen molar-refractivity contribution < 1.29 is 4.39 Å². The molecular weight excluding hydrogens is 201 g/mol. The van der Waals surface area contributed by atoms with Crippen LogP contribution in [-0.2, 0) is 0 Å². The first-order chi connectivity index (χ1) is 6.59. The lowest BCUT2D eigenvalue weighted by molar-refractivity contribution is 0.589. The summed E-state index contributed by atoms with van der Waals surface area (Å²) in [6.07, 6.45) is 0. The second-order valence-electron chi connectivity index (χ2n) is 2.89. The van der Waals surface area contributed by atoms with E-state index in [4.69, 9.17) is 25.4 Å². The number of rotatable bonds is 0. The molecular formula is C11H5ClFN. The molecule has 0 atom stereocenters. The summed E-state index contributed by atoms with van der Waals surface area (Å²) >= 11 is 5.92.